The van der Waals surface area contributed by atoms with Gasteiger partial charge in [-0.1, -0.05) is 0 Å². The molecule has 0 unspecified atom stereocenters. The molecule has 1 heterocycles. The first-order chi connectivity index (χ1) is 7.93. The van der Waals surface area contributed by atoms with Crippen LogP contribution in [0.4, 0.5) is 0 Å². The average molecular weight is 230 g/mol. The molecule has 1 aliphatic heterocycles. The van der Waals surface area contributed by atoms with Crippen LogP contribution in [0, 0.1) is 5.92 Å². The molecule has 0 aromatic rings. The minimum Gasteiger partial charge on any atom is -0.383 e. The Morgan fingerprint density at radius 3 is 2.62 bits per heavy atom. The topological polar surface area (TPSA) is 42.5 Å². The third kappa shape index (κ3) is 7.17. The van der Waals surface area contributed by atoms with Gasteiger partial charge in [0.2, 0.25) is 0 Å². The summed E-state index contributed by atoms with van der Waals surface area (Å²) in [5, 5.41) is 6.86. The Balaban J connectivity index is 1.77. The molecule has 0 amide bonds. The zero-order chi connectivity index (χ0) is 11.5. The highest BCUT2D eigenvalue weighted by atomic mass is 16.5. The van der Waals surface area contributed by atoms with Crippen molar-refractivity contribution in [1.82, 2.24) is 10.6 Å². The van der Waals surface area contributed by atoms with Crippen molar-refractivity contribution in [3.05, 3.63) is 0 Å². The molecule has 1 aliphatic rings. The van der Waals surface area contributed by atoms with Gasteiger partial charge in [0.05, 0.1) is 6.61 Å². The van der Waals surface area contributed by atoms with Crippen LogP contribution < -0.4 is 10.6 Å². The lowest BCUT2D eigenvalue weighted by molar-refractivity contribution is 0.0663. The van der Waals surface area contributed by atoms with Gasteiger partial charge in [-0.05, 0) is 44.8 Å². The summed E-state index contributed by atoms with van der Waals surface area (Å²) in [5.74, 6) is 0.829. The van der Waals surface area contributed by atoms with Gasteiger partial charge in [0, 0.05) is 26.9 Å². The molecule has 0 spiro atoms. The van der Waals surface area contributed by atoms with Crippen LogP contribution in [-0.4, -0.2) is 53.1 Å². The first-order valence-corrected chi connectivity index (χ1v) is 6.41. The Morgan fingerprint density at radius 2 is 1.88 bits per heavy atom. The molecule has 2 N–H and O–H groups in total. The highest BCUT2D eigenvalue weighted by Gasteiger charge is 2.12. The summed E-state index contributed by atoms with van der Waals surface area (Å²) < 4.78 is 10.3. The van der Waals surface area contributed by atoms with Gasteiger partial charge in [0.25, 0.3) is 0 Å². The van der Waals surface area contributed by atoms with E-state index in [0.717, 1.165) is 51.9 Å². The van der Waals surface area contributed by atoms with Crippen molar-refractivity contribution in [3.8, 4) is 0 Å². The molecular weight excluding hydrogens is 204 g/mol. The summed E-state index contributed by atoms with van der Waals surface area (Å²) in [4.78, 5) is 0. The maximum atomic E-state index is 5.33. The van der Waals surface area contributed by atoms with Gasteiger partial charge < -0.3 is 20.1 Å². The van der Waals surface area contributed by atoms with Crippen LogP contribution in [-0.2, 0) is 9.47 Å². The Bertz CT molecular complexity index is 150. The fraction of sp³-hybridized carbons (Fsp3) is 1.00. The second-order valence-corrected chi connectivity index (χ2v) is 4.36. The number of rotatable bonds is 9. The predicted molar refractivity (Wildman–Crippen MR) is 65.8 cm³/mol. The predicted octanol–water partition coefficient (Wildman–Crippen LogP) is 0.629. The van der Waals surface area contributed by atoms with Crippen LogP contribution in [0.15, 0.2) is 0 Å². The van der Waals surface area contributed by atoms with Crippen molar-refractivity contribution >= 4 is 0 Å². The van der Waals surface area contributed by atoms with E-state index in [2.05, 4.69) is 10.6 Å². The van der Waals surface area contributed by atoms with Crippen LogP contribution in [0.5, 0.6) is 0 Å². The molecule has 0 atom stereocenters. The maximum absolute atomic E-state index is 5.33. The Hall–Kier alpha value is -0.160. The minimum atomic E-state index is 0.801. The lowest BCUT2D eigenvalue weighted by atomic mass is 10.0. The van der Waals surface area contributed by atoms with Crippen LogP contribution in [0.2, 0.25) is 0 Å². The fourth-order valence-corrected chi connectivity index (χ4v) is 1.89. The molecule has 4 nitrogen and oxygen atoms in total. The van der Waals surface area contributed by atoms with Gasteiger partial charge in [0.1, 0.15) is 0 Å². The molecule has 1 saturated heterocycles. The van der Waals surface area contributed by atoms with Gasteiger partial charge in [-0.2, -0.15) is 0 Å². The molecule has 0 aliphatic carbocycles. The van der Waals surface area contributed by atoms with E-state index >= 15 is 0 Å². The molecule has 16 heavy (non-hydrogen) atoms. The quantitative estimate of drug-likeness (QED) is 0.570. The normalized spacial score (nSPS) is 17.8. The molecule has 96 valence electrons. The first kappa shape index (κ1) is 13.9. The highest BCUT2D eigenvalue weighted by molar-refractivity contribution is 4.66. The van der Waals surface area contributed by atoms with Crippen molar-refractivity contribution in [1.29, 1.82) is 0 Å². The van der Waals surface area contributed by atoms with E-state index in [0.29, 0.717) is 0 Å². The zero-order valence-corrected chi connectivity index (χ0v) is 10.5. The standard InChI is InChI=1S/C12H26N2O2/c1-15-10-7-13-5-2-6-14-11-12-3-8-16-9-4-12/h12-14H,2-11H2,1H3. The summed E-state index contributed by atoms with van der Waals surface area (Å²) in [7, 11) is 1.73. The van der Waals surface area contributed by atoms with E-state index in [1.54, 1.807) is 7.11 Å². The van der Waals surface area contributed by atoms with E-state index in [4.69, 9.17) is 9.47 Å². The third-order valence-corrected chi connectivity index (χ3v) is 2.96. The van der Waals surface area contributed by atoms with Crippen molar-refractivity contribution in [2.75, 3.05) is 53.1 Å². The van der Waals surface area contributed by atoms with E-state index < -0.39 is 0 Å². The van der Waals surface area contributed by atoms with Crippen molar-refractivity contribution in [3.63, 3.8) is 0 Å². The summed E-state index contributed by atoms with van der Waals surface area (Å²) in [6.07, 6.45) is 3.63. The monoisotopic (exact) mass is 230 g/mol. The van der Waals surface area contributed by atoms with Crippen LogP contribution in [0.3, 0.4) is 0 Å². The number of nitrogens with one attached hydrogen (secondary N) is 2. The lowest BCUT2D eigenvalue weighted by Gasteiger charge is -2.22. The number of hydrogen-bond acceptors (Lipinski definition) is 4. The van der Waals surface area contributed by atoms with Crippen molar-refractivity contribution in [2.45, 2.75) is 19.3 Å². The maximum Gasteiger partial charge on any atom is 0.0587 e. The summed E-state index contributed by atoms with van der Waals surface area (Å²) in [5.41, 5.74) is 0. The second kappa shape index (κ2) is 10.0. The largest absolute Gasteiger partial charge is 0.383 e. The van der Waals surface area contributed by atoms with Crippen molar-refractivity contribution < 1.29 is 9.47 Å². The molecule has 0 aromatic carbocycles. The molecular formula is C12H26N2O2. The van der Waals surface area contributed by atoms with Gasteiger partial charge in [-0.25, -0.2) is 0 Å². The van der Waals surface area contributed by atoms with Crippen LogP contribution in [0.25, 0.3) is 0 Å². The molecule has 0 bridgehead atoms. The van der Waals surface area contributed by atoms with E-state index in [1.165, 1.54) is 19.3 Å². The highest BCUT2D eigenvalue weighted by Crippen LogP contribution is 2.12. The lowest BCUT2D eigenvalue weighted by Crippen LogP contribution is -2.30. The zero-order valence-electron chi connectivity index (χ0n) is 10.5. The second-order valence-electron chi connectivity index (χ2n) is 4.36. The Morgan fingerprint density at radius 1 is 1.12 bits per heavy atom. The number of methoxy groups -OCH3 is 1. The fourth-order valence-electron chi connectivity index (χ4n) is 1.89. The average Bonchev–Trinajstić information content (AvgIpc) is 2.34. The third-order valence-electron chi connectivity index (χ3n) is 2.96. The summed E-state index contributed by atoms with van der Waals surface area (Å²) in [6, 6.07) is 0. The van der Waals surface area contributed by atoms with Gasteiger partial charge >= 0.3 is 0 Å². The molecule has 4 heteroatoms. The number of ether oxygens (including phenoxy) is 2. The van der Waals surface area contributed by atoms with Crippen LogP contribution >= 0.6 is 0 Å². The number of hydrogen-bond donors (Lipinski definition) is 2. The summed E-state index contributed by atoms with van der Waals surface area (Å²) in [6.45, 7) is 6.99. The Labute approximate surface area is 99.1 Å². The van der Waals surface area contributed by atoms with Gasteiger partial charge in [-0.15, -0.1) is 0 Å². The minimum absolute atomic E-state index is 0.801. The van der Waals surface area contributed by atoms with Gasteiger partial charge in [0.15, 0.2) is 0 Å². The molecule has 1 fully saturated rings. The molecule has 0 aromatic heterocycles. The first-order valence-electron chi connectivity index (χ1n) is 6.41. The smallest absolute Gasteiger partial charge is 0.0587 e. The molecule has 1 rings (SSSR count). The van der Waals surface area contributed by atoms with Gasteiger partial charge in [-0.3, -0.25) is 0 Å². The van der Waals surface area contributed by atoms with E-state index in [1.807, 2.05) is 0 Å². The SMILES string of the molecule is COCCNCCCNCC1CCOCC1. The van der Waals surface area contributed by atoms with Crippen LogP contribution in [0.1, 0.15) is 19.3 Å². The van der Waals surface area contributed by atoms with E-state index in [-0.39, 0.29) is 0 Å². The molecule has 0 saturated carbocycles. The Kier molecular flexibility index (Phi) is 8.71. The van der Waals surface area contributed by atoms with Crippen molar-refractivity contribution in [2.24, 2.45) is 5.92 Å². The van der Waals surface area contributed by atoms with E-state index in [9.17, 15) is 0 Å². The summed E-state index contributed by atoms with van der Waals surface area (Å²) >= 11 is 0. The molecule has 0 radical (unpaired) electrons.